The van der Waals surface area contributed by atoms with Gasteiger partial charge in [-0.15, -0.1) is 0 Å². The quantitative estimate of drug-likeness (QED) is 0.107. The molecule has 4 aromatic carbocycles. The number of carbonyl (C=O) groups is 3. The molecule has 0 bridgehead atoms. The van der Waals surface area contributed by atoms with Crippen molar-refractivity contribution in [3.8, 4) is 12.0 Å². The lowest BCUT2D eigenvalue weighted by molar-refractivity contribution is -0.150. The van der Waals surface area contributed by atoms with E-state index in [1.54, 1.807) is 68.0 Å². The predicted octanol–water partition coefficient (Wildman–Crippen LogP) is 4.87. The van der Waals surface area contributed by atoms with Crippen LogP contribution in [0, 0.1) is 11.6 Å². The lowest BCUT2D eigenvalue weighted by atomic mass is 10.0. The molecule has 0 saturated carbocycles. The first-order chi connectivity index (χ1) is 39.3. The van der Waals surface area contributed by atoms with Gasteiger partial charge >= 0.3 is 12.0 Å². The second-order valence-corrected chi connectivity index (χ2v) is 23.5. The van der Waals surface area contributed by atoms with E-state index in [4.69, 9.17) is 19.2 Å². The number of fused-ring (bicyclic) bond motifs is 4. The highest BCUT2D eigenvalue weighted by molar-refractivity contribution is 7.95. The molecule has 0 spiro atoms. The Kier molecular flexibility index (Phi) is 14.4. The van der Waals surface area contributed by atoms with Crippen molar-refractivity contribution in [3.63, 3.8) is 0 Å². The number of piperazine rings is 2. The number of benzene rings is 4. The van der Waals surface area contributed by atoms with Crippen LogP contribution in [-0.2, 0) is 33.5 Å². The number of nitrogens with zero attached hydrogens (tertiary/aromatic N) is 11. The minimum absolute atomic E-state index is 0.00724. The third-order valence-electron chi connectivity index (χ3n) is 14.9. The SMILES string of the molecule is C[C@@H]1CN(c2ccc(C(=O)Nc3cc(F)c4nn(C)cc4c3)c3nc(OCC4=CS(=O)(=O)C4)ncc23)C[C@H](CC2CN(CCOc3ncc4c(N5C[C@@H](C)N[C@@H](C)C5)ccc(C(=O)Nc5cc(F)c6nn(C)cc6c5)c4n3)C(=O)CO2)N1. The molecule has 5 atom stereocenters. The zero-order valence-electron chi connectivity index (χ0n) is 45.5. The molecule has 1 unspecified atom stereocenters. The number of hydrogen-bond acceptors (Lipinski definition) is 18. The summed E-state index contributed by atoms with van der Waals surface area (Å²) in [5, 5.41) is 24.6. The van der Waals surface area contributed by atoms with Crippen LogP contribution in [0.2, 0.25) is 0 Å². The van der Waals surface area contributed by atoms with E-state index in [-0.39, 0.29) is 126 Å². The van der Waals surface area contributed by atoms with Crippen molar-refractivity contribution in [1.29, 1.82) is 0 Å². The molecule has 82 heavy (non-hydrogen) atoms. The fraction of sp³-hybridized carbons (Fsp3) is 0.375. The molecule has 26 heteroatoms. The molecule has 3 amide bonds. The number of aryl methyl sites for hydroxylation is 2. The van der Waals surface area contributed by atoms with Crippen LogP contribution < -0.4 is 40.5 Å². The van der Waals surface area contributed by atoms with Gasteiger partial charge in [0, 0.05) is 145 Å². The van der Waals surface area contributed by atoms with E-state index >= 15 is 8.78 Å². The van der Waals surface area contributed by atoms with Crippen molar-refractivity contribution in [3.05, 3.63) is 107 Å². The van der Waals surface area contributed by atoms with Crippen LogP contribution in [0.1, 0.15) is 47.9 Å². The Morgan fingerprint density at radius 3 is 1.79 bits per heavy atom. The third kappa shape index (κ3) is 11.3. The van der Waals surface area contributed by atoms with Crippen molar-refractivity contribution >= 4 is 93.9 Å². The summed E-state index contributed by atoms with van der Waals surface area (Å²) >= 11 is 0. The van der Waals surface area contributed by atoms with Crippen LogP contribution in [0.3, 0.4) is 0 Å². The van der Waals surface area contributed by atoms with Gasteiger partial charge in [-0.1, -0.05) is 0 Å². The summed E-state index contributed by atoms with van der Waals surface area (Å²) < 4.78 is 74.9. The standard InChI is InChI=1S/C56H59F2N15O8S/c1-30-19-72(20-31(2)61-30)46-8-6-40(53(75)63-36-12-34-22-69(4)67-49(34)44(57)15-36)51-42(46)17-59-55(65-51)79-11-10-71-25-39(80-27-48(71)74)14-38-24-73(21-32(3)62-38)47-9-7-41(54(76)64-37-13-35-23-70(5)68-50(35)45(58)16-37)52-43(47)18-60-56(66-52)81-26-33-28-82(77,78)29-33/h6-9,12-13,15-18,22-23,28,30-32,38-39,61-62H,10-11,14,19-21,24-27,29H2,1-5H3,(H,63,75)(H,64,76)/t30-,31+,32-,38+,39?/m1/s1. The Morgan fingerprint density at radius 1 is 0.720 bits per heavy atom. The van der Waals surface area contributed by atoms with E-state index in [0.717, 1.165) is 16.8 Å². The smallest absolute Gasteiger partial charge is 0.317 e. The van der Waals surface area contributed by atoms with Crippen LogP contribution >= 0.6 is 0 Å². The van der Waals surface area contributed by atoms with Gasteiger partial charge < -0.3 is 50.2 Å². The number of halogens is 2. The number of rotatable bonds is 15. The zero-order valence-corrected chi connectivity index (χ0v) is 46.3. The molecule has 8 heterocycles. The molecule has 3 fully saturated rings. The lowest BCUT2D eigenvalue weighted by Crippen LogP contribution is -2.58. The number of morpholine rings is 1. The average molecular weight is 1140 g/mol. The average Bonchev–Trinajstić information content (AvgIpc) is 4.12. The van der Waals surface area contributed by atoms with Crippen molar-refractivity contribution in [2.75, 3.05) is 85.3 Å². The molecule has 0 radical (unpaired) electrons. The predicted molar refractivity (Wildman–Crippen MR) is 303 cm³/mol. The highest BCUT2D eigenvalue weighted by atomic mass is 32.2. The van der Waals surface area contributed by atoms with E-state index in [9.17, 15) is 22.8 Å². The van der Waals surface area contributed by atoms with Crippen molar-refractivity contribution in [2.45, 2.75) is 57.5 Å². The molecular formula is C56H59F2N15O8S. The molecule has 8 aromatic rings. The first kappa shape index (κ1) is 54.1. The number of nitrogens with one attached hydrogen (secondary N) is 4. The van der Waals surface area contributed by atoms with Crippen LogP contribution in [0.4, 0.5) is 31.5 Å². The number of ether oxygens (including phenoxy) is 3. The maximum atomic E-state index is 15.1. The molecule has 12 rings (SSSR count). The van der Waals surface area contributed by atoms with E-state index in [1.807, 2.05) is 12.1 Å². The van der Waals surface area contributed by atoms with Gasteiger partial charge in [0.25, 0.3) is 11.8 Å². The van der Waals surface area contributed by atoms with Crippen LogP contribution in [0.15, 0.2) is 84.3 Å². The van der Waals surface area contributed by atoms with E-state index in [1.165, 1.54) is 21.5 Å². The highest BCUT2D eigenvalue weighted by Gasteiger charge is 2.34. The van der Waals surface area contributed by atoms with Crippen LogP contribution in [0.5, 0.6) is 12.0 Å². The first-order valence-corrected chi connectivity index (χ1v) is 28.6. The number of hydrogen-bond donors (Lipinski definition) is 4. The molecule has 426 valence electrons. The van der Waals surface area contributed by atoms with Gasteiger partial charge in [-0.05, 0) is 81.3 Å². The molecule has 4 aliphatic rings. The summed E-state index contributed by atoms with van der Waals surface area (Å²) in [6.45, 7) is 9.17. The van der Waals surface area contributed by atoms with Crippen molar-refractivity contribution in [1.82, 2.24) is 55.0 Å². The molecule has 0 aliphatic carbocycles. The van der Waals surface area contributed by atoms with Gasteiger partial charge in [-0.25, -0.2) is 27.2 Å². The summed E-state index contributed by atoms with van der Waals surface area (Å²) in [5.74, 6) is -2.55. The number of aromatic nitrogens is 8. The van der Waals surface area contributed by atoms with Crippen LogP contribution in [-0.4, -0.2) is 166 Å². The second-order valence-electron chi connectivity index (χ2n) is 21.7. The monoisotopic (exact) mass is 1140 g/mol. The normalized spacial score (nSPS) is 21.0. The fourth-order valence-electron chi connectivity index (χ4n) is 11.6. The largest absolute Gasteiger partial charge is 0.462 e. The zero-order chi connectivity index (χ0) is 57.1. The van der Waals surface area contributed by atoms with E-state index < -0.39 is 33.3 Å². The van der Waals surface area contributed by atoms with E-state index in [0.29, 0.717) is 65.2 Å². The van der Waals surface area contributed by atoms with Gasteiger partial charge in [0.2, 0.25) is 5.91 Å². The Labute approximate surface area is 468 Å². The molecule has 4 N–H and O–H groups in total. The van der Waals surface area contributed by atoms with Gasteiger partial charge in [0.15, 0.2) is 21.5 Å². The number of anilines is 4. The Balaban J connectivity index is 0.738. The highest BCUT2D eigenvalue weighted by Crippen LogP contribution is 2.35. The maximum absolute atomic E-state index is 15.1. The molecule has 3 saturated heterocycles. The Morgan fingerprint density at radius 2 is 1.24 bits per heavy atom. The molecule has 4 aromatic heterocycles. The third-order valence-corrected chi connectivity index (χ3v) is 16.4. The molecule has 4 aliphatic heterocycles. The minimum Gasteiger partial charge on any atom is -0.462 e. The van der Waals surface area contributed by atoms with Gasteiger partial charge in [0.1, 0.15) is 30.9 Å². The summed E-state index contributed by atoms with van der Waals surface area (Å²) in [6.07, 6.45) is 6.74. The number of sulfone groups is 1. The molecule has 23 nitrogen and oxygen atoms in total. The van der Waals surface area contributed by atoms with Crippen LogP contribution in [0.25, 0.3) is 43.6 Å². The lowest BCUT2D eigenvalue weighted by Gasteiger charge is -2.41. The topological polar surface area (TPSA) is 258 Å². The summed E-state index contributed by atoms with van der Waals surface area (Å²) in [4.78, 5) is 66.2. The van der Waals surface area contributed by atoms with Crippen molar-refractivity contribution < 1.29 is 45.8 Å². The van der Waals surface area contributed by atoms with E-state index in [2.05, 4.69) is 77.0 Å². The Bertz CT molecular complexity index is 4020. The second kappa shape index (κ2) is 21.8. The van der Waals surface area contributed by atoms with Crippen molar-refractivity contribution in [2.24, 2.45) is 14.1 Å². The fourth-order valence-corrected chi connectivity index (χ4v) is 12.7. The summed E-state index contributed by atoms with van der Waals surface area (Å²) in [7, 11) is 0.130. The summed E-state index contributed by atoms with van der Waals surface area (Å²) in [5.41, 5.74) is 4.03. The molecular weight excluding hydrogens is 1080 g/mol. The van der Waals surface area contributed by atoms with Gasteiger partial charge in [0.05, 0.1) is 40.6 Å². The van der Waals surface area contributed by atoms with Gasteiger partial charge in [-0.2, -0.15) is 20.2 Å². The Hall–Kier alpha value is -8.46. The number of carbonyl (C=O) groups excluding carboxylic acids is 3. The number of amides is 3. The first-order valence-electron chi connectivity index (χ1n) is 26.9. The minimum atomic E-state index is -3.25. The summed E-state index contributed by atoms with van der Waals surface area (Å²) in [6, 6.07) is 13.0. The van der Waals surface area contributed by atoms with Gasteiger partial charge in [-0.3, -0.25) is 23.7 Å². The maximum Gasteiger partial charge on any atom is 0.317 e.